The third-order valence-corrected chi connectivity index (χ3v) is 3.13. The van der Waals surface area contributed by atoms with Crippen LogP contribution in [0.1, 0.15) is 18.4 Å². The first-order valence-corrected chi connectivity index (χ1v) is 6.46. The fourth-order valence-corrected chi connectivity index (χ4v) is 1.82. The lowest BCUT2D eigenvalue weighted by Gasteiger charge is -2.15. The largest absolute Gasteiger partial charge is 0.480 e. The zero-order chi connectivity index (χ0) is 13.7. The van der Waals surface area contributed by atoms with Crippen LogP contribution in [0.25, 0.3) is 0 Å². The first-order chi connectivity index (χ1) is 9.15. The van der Waals surface area contributed by atoms with E-state index in [0.29, 0.717) is 12.5 Å². The van der Waals surface area contributed by atoms with E-state index in [1.807, 2.05) is 30.3 Å². The van der Waals surface area contributed by atoms with Gasteiger partial charge in [-0.2, -0.15) is 0 Å². The smallest absolute Gasteiger partial charge is 0.326 e. The maximum Gasteiger partial charge on any atom is 0.326 e. The van der Waals surface area contributed by atoms with E-state index in [-0.39, 0.29) is 6.42 Å². The molecule has 5 nitrogen and oxygen atoms in total. The summed E-state index contributed by atoms with van der Waals surface area (Å²) in [6.07, 6.45) is 2.58. The van der Waals surface area contributed by atoms with Crippen LogP contribution in [-0.2, 0) is 11.2 Å². The maximum absolute atomic E-state index is 11.6. The van der Waals surface area contributed by atoms with Crippen molar-refractivity contribution in [3.63, 3.8) is 0 Å². The average Bonchev–Trinajstić information content (AvgIpc) is 3.21. The van der Waals surface area contributed by atoms with Gasteiger partial charge in [0.1, 0.15) is 6.04 Å². The topological polar surface area (TPSA) is 78.4 Å². The second-order valence-corrected chi connectivity index (χ2v) is 4.88. The zero-order valence-corrected chi connectivity index (χ0v) is 10.6. The average molecular weight is 262 g/mol. The van der Waals surface area contributed by atoms with Crippen molar-refractivity contribution in [2.45, 2.75) is 25.3 Å². The van der Waals surface area contributed by atoms with Crippen molar-refractivity contribution in [2.75, 3.05) is 6.54 Å². The molecule has 1 saturated carbocycles. The molecule has 0 unspecified atom stereocenters. The number of hydrogen-bond donors (Lipinski definition) is 3. The number of hydrogen-bond acceptors (Lipinski definition) is 2. The van der Waals surface area contributed by atoms with Gasteiger partial charge in [-0.3, -0.25) is 0 Å². The van der Waals surface area contributed by atoms with E-state index in [2.05, 4.69) is 10.6 Å². The summed E-state index contributed by atoms with van der Waals surface area (Å²) >= 11 is 0. The number of amides is 2. The van der Waals surface area contributed by atoms with Gasteiger partial charge in [0.05, 0.1) is 0 Å². The molecular weight excluding hydrogens is 244 g/mol. The van der Waals surface area contributed by atoms with Crippen LogP contribution in [-0.4, -0.2) is 29.7 Å². The quantitative estimate of drug-likeness (QED) is 0.725. The molecule has 102 valence electrons. The van der Waals surface area contributed by atoms with Crippen LogP contribution in [0.5, 0.6) is 0 Å². The van der Waals surface area contributed by atoms with E-state index in [4.69, 9.17) is 5.11 Å². The number of aliphatic carboxylic acids is 1. The fraction of sp³-hybridized carbons (Fsp3) is 0.429. The molecule has 0 bridgehead atoms. The first kappa shape index (κ1) is 13.4. The molecule has 1 atom stereocenters. The van der Waals surface area contributed by atoms with Crippen LogP contribution in [0.15, 0.2) is 30.3 Å². The van der Waals surface area contributed by atoms with Crippen molar-refractivity contribution in [2.24, 2.45) is 5.92 Å². The number of nitrogens with one attached hydrogen (secondary N) is 2. The van der Waals surface area contributed by atoms with E-state index < -0.39 is 18.0 Å². The van der Waals surface area contributed by atoms with Gasteiger partial charge in [-0.25, -0.2) is 9.59 Å². The Hall–Kier alpha value is -2.04. The van der Waals surface area contributed by atoms with Crippen molar-refractivity contribution < 1.29 is 14.7 Å². The molecule has 2 amide bonds. The van der Waals surface area contributed by atoms with Crippen molar-refractivity contribution in [3.05, 3.63) is 35.9 Å². The van der Waals surface area contributed by atoms with Crippen molar-refractivity contribution >= 4 is 12.0 Å². The van der Waals surface area contributed by atoms with Crippen molar-refractivity contribution in [1.82, 2.24) is 10.6 Å². The molecule has 3 N–H and O–H groups in total. The summed E-state index contributed by atoms with van der Waals surface area (Å²) < 4.78 is 0. The summed E-state index contributed by atoms with van der Waals surface area (Å²) in [7, 11) is 0. The van der Waals surface area contributed by atoms with Gasteiger partial charge in [0.25, 0.3) is 0 Å². The molecular formula is C14H18N2O3. The number of carboxylic acids is 1. The van der Waals surface area contributed by atoms with Crippen LogP contribution in [0.4, 0.5) is 4.79 Å². The molecule has 0 aromatic heterocycles. The molecule has 1 aliphatic carbocycles. The Labute approximate surface area is 112 Å². The van der Waals surface area contributed by atoms with Gasteiger partial charge in [-0.15, -0.1) is 0 Å². The lowest BCUT2D eigenvalue weighted by Crippen LogP contribution is -2.47. The Morgan fingerprint density at radius 3 is 2.53 bits per heavy atom. The molecule has 0 radical (unpaired) electrons. The zero-order valence-electron chi connectivity index (χ0n) is 10.6. The highest BCUT2D eigenvalue weighted by atomic mass is 16.4. The lowest BCUT2D eigenvalue weighted by atomic mass is 10.1. The molecule has 0 saturated heterocycles. The van der Waals surface area contributed by atoms with Gasteiger partial charge in [0, 0.05) is 13.0 Å². The lowest BCUT2D eigenvalue weighted by molar-refractivity contribution is -0.139. The second kappa shape index (κ2) is 6.22. The molecule has 0 aliphatic heterocycles. The fourth-order valence-electron chi connectivity index (χ4n) is 1.82. The van der Waals surface area contributed by atoms with Gasteiger partial charge in [0.15, 0.2) is 0 Å². The Bertz CT molecular complexity index is 443. The van der Waals surface area contributed by atoms with Crippen LogP contribution >= 0.6 is 0 Å². The SMILES string of the molecule is O=C(NCC1CC1)N[C@H](Cc1ccccc1)C(=O)O. The highest BCUT2D eigenvalue weighted by Gasteiger charge is 2.24. The van der Waals surface area contributed by atoms with Crippen LogP contribution < -0.4 is 10.6 Å². The highest BCUT2D eigenvalue weighted by Crippen LogP contribution is 2.27. The number of urea groups is 1. The Morgan fingerprint density at radius 2 is 1.95 bits per heavy atom. The summed E-state index contributed by atoms with van der Waals surface area (Å²) in [6.45, 7) is 0.628. The van der Waals surface area contributed by atoms with Gasteiger partial charge < -0.3 is 15.7 Å². The van der Waals surface area contributed by atoms with Crippen LogP contribution in [0.3, 0.4) is 0 Å². The number of carbonyl (C=O) groups is 2. The predicted octanol–water partition coefficient (Wildman–Crippen LogP) is 1.39. The number of carbonyl (C=O) groups excluding carboxylic acids is 1. The van der Waals surface area contributed by atoms with E-state index in [0.717, 1.165) is 18.4 Å². The normalized spacial score (nSPS) is 15.6. The minimum atomic E-state index is -1.02. The summed E-state index contributed by atoms with van der Waals surface area (Å²) in [5, 5.41) is 14.3. The second-order valence-electron chi connectivity index (χ2n) is 4.88. The number of benzene rings is 1. The molecule has 0 heterocycles. The molecule has 19 heavy (non-hydrogen) atoms. The van der Waals surface area contributed by atoms with Crippen molar-refractivity contribution in [3.8, 4) is 0 Å². The predicted molar refractivity (Wildman–Crippen MR) is 70.8 cm³/mol. The van der Waals surface area contributed by atoms with E-state index in [1.54, 1.807) is 0 Å². The van der Waals surface area contributed by atoms with E-state index in [9.17, 15) is 9.59 Å². The highest BCUT2D eigenvalue weighted by molar-refractivity contribution is 5.82. The number of rotatable bonds is 6. The van der Waals surface area contributed by atoms with Crippen LogP contribution in [0.2, 0.25) is 0 Å². The molecule has 2 rings (SSSR count). The first-order valence-electron chi connectivity index (χ1n) is 6.46. The van der Waals surface area contributed by atoms with Gasteiger partial charge >= 0.3 is 12.0 Å². The molecule has 5 heteroatoms. The van der Waals surface area contributed by atoms with Gasteiger partial charge in [0.2, 0.25) is 0 Å². The molecule has 1 fully saturated rings. The Kier molecular flexibility index (Phi) is 4.39. The summed E-state index contributed by atoms with van der Waals surface area (Å²) in [5.74, 6) is -0.450. The minimum Gasteiger partial charge on any atom is -0.480 e. The summed E-state index contributed by atoms with van der Waals surface area (Å²) in [4.78, 5) is 22.7. The molecule has 1 aliphatic rings. The van der Waals surface area contributed by atoms with Gasteiger partial charge in [-0.1, -0.05) is 30.3 Å². The summed E-state index contributed by atoms with van der Waals surface area (Å²) in [5.41, 5.74) is 0.886. The monoisotopic (exact) mass is 262 g/mol. The van der Waals surface area contributed by atoms with Crippen LogP contribution in [0, 0.1) is 5.92 Å². The third-order valence-electron chi connectivity index (χ3n) is 3.13. The number of carboxylic acid groups (broad SMARTS) is 1. The molecule has 1 aromatic rings. The van der Waals surface area contributed by atoms with E-state index in [1.165, 1.54) is 0 Å². The molecule has 1 aromatic carbocycles. The van der Waals surface area contributed by atoms with E-state index >= 15 is 0 Å². The van der Waals surface area contributed by atoms with Gasteiger partial charge in [-0.05, 0) is 24.3 Å². The third kappa shape index (κ3) is 4.62. The Morgan fingerprint density at radius 1 is 1.26 bits per heavy atom. The maximum atomic E-state index is 11.6. The standard InChI is InChI=1S/C14H18N2O3/c17-13(18)12(8-10-4-2-1-3-5-10)16-14(19)15-9-11-6-7-11/h1-5,11-12H,6-9H2,(H,17,18)(H2,15,16,19)/t12-/m1/s1. The Balaban J connectivity index is 1.84. The van der Waals surface area contributed by atoms with Crippen molar-refractivity contribution in [1.29, 1.82) is 0 Å². The molecule has 0 spiro atoms. The minimum absolute atomic E-state index is 0.285. The summed E-state index contributed by atoms with van der Waals surface area (Å²) in [6, 6.07) is 7.95.